The molecule has 1 aliphatic heterocycles. The number of fused-ring (bicyclic) bond motifs is 9. The Morgan fingerprint density at radius 1 is 0.488 bits per heavy atom. The second-order valence-corrected chi connectivity index (χ2v) is 12.3. The average Bonchev–Trinajstić information content (AvgIpc) is 3.43. The fraction of sp³-hybridized carbons (Fsp3) is 0.0500. The summed E-state index contributed by atoms with van der Waals surface area (Å²) in [7, 11) is 0. The topological polar surface area (TPSA) is 0 Å². The van der Waals surface area contributed by atoms with Crippen LogP contribution in [0.4, 0.5) is 0 Å². The van der Waals surface area contributed by atoms with E-state index in [2.05, 4.69) is 140 Å². The van der Waals surface area contributed by atoms with Crippen LogP contribution in [0.5, 0.6) is 0 Å². The molecule has 0 bridgehead atoms. The van der Waals surface area contributed by atoms with Crippen LogP contribution in [0.15, 0.2) is 138 Å². The second kappa shape index (κ2) is 8.96. The van der Waals surface area contributed by atoms with Crippen molar-refractivity contribution in [1.82, 2.24) is 0 Å². The van der Waals surface area contributed by atoms with Crippen LogP contribution in [0.3, 0.4) is 0 Å². The van der Waals surface area contributed by atoms with Crippen LogP contribution in [0.25, 0.3) is 65.6 Å². The van der Waals surface area contributed by atoms with Gasteiger partial charge in [0, 0.05) is 15.7 Å². The molecule has 0 saturated carbocycles. The third kappa shape index (κ3) is 3.63. The van der Waals surface area contributed by atoms with E-state index in [1.165, 1.54) is 80.4 Å². The van der Waals surface area contributed by atoms with Gasteiger partial charge in [0.05, 0.1) is 0 Å². The molecule has 2 aliphatic rings. The van der Waals surface area contributed by atoms with Gasteiger partial charge in [-0.05, 0) is 95.2 Å². The van der Waals surface area contributed by atoms with Crippen molar-refractivity contribution in [3.8, 4) is 22.3 Å². The zero-order valence-corrected chi connectivity index (χ0v) is 23.3. The standard InChI is InChI=1S/C40H26S/c1-2-6-33-27(5-1)13-14-28-16-19-31(23-36(28)33)25-9-11-26(12-10-25)32-20-17-29-15-18-30-21-22-35-34-7-3-4-8-38(34)41-40(35)39(30)37(29)24-32/h1-21,23-24,35H,22H2. The first-order chi connectivity index (χ1) is 20.3. The Labute approximate surface area is 243 Å². The molecule has 0 nitrogen and oxygen atoms in total. The maximum atomic E-state index is 2.44. The van der Waals surface area contributed by atoms with Crippen molar-refractivity contribution in [2.45, 2.75) is 17.2 Å². The quantitative estimate of drug-likeness (QED) is 0.197. The van der Waals surface area contributed by atoms with E-state index in [9.17, 15) is 0 Å². The van der Waals surface area contributed by atoms with Gasteiger partial charge in [0.15, 0.2) is 0 Å². The van der Waals surface area contributed by atoms with Crippen LogP contribution in [0.2, 0.25) is 0 Å². The molecule has 7 aromatic rings. The summed E-state index contributed by atoms with van der Waals surface area (Å²) >= 11 is 1.98. The van der Waals surface area contributed by atoms with Crippen LogP contribution in [-0.2, 0) is 0 Å². The van der Waals surface area contributed by atoms with Gasteiger partial charge in [-0.15, -0.1) is 0 Å². The molecule has 0 spiro atoms. The van der Waals surface area contributed by atoms with Gasteiger partial charge >= 0.3 is 0 Å². The molecule has 1 heteroatoms. The second-order valence-electron chi connectivity index (χ2n) is 11.3. The van der Waals surface area contributed by atoms with E-state index in [0.29, 0.717) is 5.92 Å². The monoisotopic (exact) mass is 538 g/mol. The van der Waals surface area contributed by atoms with Crippen molar-refractivity contribution in [2.24, 2.45) is 0 Å². The first-order valence-electron chi connectivity index (χ1n) is 14.4. The molecule has 0 fully saturated rings. The molecule has 0 amide bonds. The Bertz CT molecular complexity index is 2310. The fourth-order valence-electron chi connectivity index (χ4n) is 6.89. The van der Waals surface area contributed by atoms with Crippen molar-refractivity contribution in [3.63, 3.8) is 0 Å². The fourth-order valence-corrected chi connectivity index (χ4v) is 8.30. The van der Waals surface area contributed by atoms with Crippen LogP contribution in [0.1, 0.15) is 17.9 Å². The summed E-state index contributed by atoms with van der Waals surface area (Å²) in [6, 6.07) is 49.6. The smallest absolute Gasteiger partial charge is 0.0205 e. The van der Waals surface area contributed by atoms with E-state index in [0.717, 1.165) is 6.42 Å². The Balaban J connectivity index is 1.15. The highest BCUT2D eigenvalue weighted by Crippen LogP contribution is 2.51. The summed E-state index contributed by atoms with van der Waals surface area (Å²) in [5.41, 5.74) is 6.51. The van der Waals surface area contributed by atoms with E-state index in [1.807, 2.05) is 11.8 Å². The highest BCUT2D eigenvalue weighted by atomic mass is 32.2. The molecule has 1 atom stereocenters. The van der Waals surface area contributed by atoms with E-state index < -0.39 is 0 Å². The van der Waals surface area contributed by atoms with E-state index in [4.69, 9.17) is 0 Å². The minimum absolute atomic E-state index is 0.483. The Kier molecular flexibility index (Phi) is 5.06. The summed E-state index contributed by atoms with van der Waals surface area (Å²) in [4.78, 5) is 2.94. The van der Waals surface area contributed by atoms with Crippen LogP contribution < -0.4 is 10.4 Å². The third-order valence-electron chi connectivity index (χ3n) is 9.00. The van der Waals surface area contributed by atoms with Gasteiger partial charge in [0.25, 0.3) is 0 Å². The zero-order valence-electron chi connectivity index (χ0n) is 22.5. The molecular weight excluding hydrogens is 513 g/mol. The van der Waals surface area contributed by atoms with E-state index in [1.54, 1.807) is 0 Å². The molecule has 1 aliphatic carbocycles. The number of rotatable bonds is 2. The number of hydrogen-bond acceptors (Lipinski definition) is 1. The summed E-state index contributed by atoms with van der Waals surface area (Å²) in [6.45, 7) is 0. The van der Waals surface area contributed by atoms with Gasteiger partial charge in [-0.25, -0.2) is 0 Å². The maximum Gasteiger partial charge on any atom is 0.0205 e. The summed E-state index contributed by atoms with van der Waals surface area (Å²) in [6.07, 6.45) is 3.53. The summed E-state index contributed by atoms with van der Waals surface area (Å²) in [5, 5.41) is 10.7. The minimum Gasteiger partial charge on any atom is -0.0929 e. The zero-order chi connectivity index (χ0) is 26.9. The molecule has 192 valence electrons. The van der Waals surface area contributed by atoms with Crippen LogP contribution >= 0.6 is 11.8 Å². The normalized spacial score (nSPS) is 15.5. The van der Waals surface area contributed by atoms with Gasteiger partial charge < -0.3 is 0 Å². The highest BCUT2D eigenvalue weighted by molar-refractivity contribution is 8.08. The Morgan fingerprint density at radius 3 is 1.88 bits per heavy atom. The molecule has 0 aromatic heterocycles. The van der Waals surface area contributed by atoms with Gasteiger partial charge in [-0.3, -0.25) is 0 Å². The summed E-state index contributed by atoms with van der Waals surface area (Å²) < 4.78 is 0. The molecule has 0 N–H and O–H groups in total. The molecule has 0 saturated heterocycles. The molecule has 1 unspecified atom stereocenters. The first kappa shape index (κ1) is 23.1. The average molecular weight is 539 g/mol. The SMILES string of the molecule is C1=c2ccc3ccc(-c4ccc(-c5ccc6ccc7ccccc7c6c5)cc4)cc3c2=C2Sc3ccccc3C2C1. The molecule has 1 heterocycles. The van der Waals surface area contributed by atoms with Crippen molar-refractivity contribution in [1.29, 1.82) is 0 Å². The third-order valence-corrected chi connectivity index (χ3v) is 10.3. The first-order valence-corrected chi connectivity index (χ1v) is 15.2. The van der Waals surface area contributed by atoms with Crippen LogP contribution in [-0.4, -0.2) is 0 Å². The molecular formula is C40H26S. The number of thioether (sulfide) groups is 1. The van der Waals surface area contributed by atoms with Crippen molar-refractivity contribution >= 4 is 55.1 Å². The lowest BCUT2D eigenvalue weighted by Crippen LogP contribution is -2.31. The molecule has 7 aromatic carbocycles. The Hall–Kier alpha value is -4.59. The number of hydrogen-bond donors (Lipinski definition) is 0. The Morgan fingerprint density at radius 2 is 1.07 bits per heavy atom. The van der Waals surface area contributed by atoms with Crippen LogP contribution in [0, 0.1) is 0 Å². The minimum atomic E-state index is 0.483. The van der Waals surface area contributed by atoms with Gasteiger partial charge in [-0.2, -0.15) is 0 Å². The van der Waals surface area contributed by atoms with Crippen molar-refractivity contribution in [3.05, 3.63) is 149 Å². The largest absolute Gasteiger partial charge is 0.0929 e. The molecule has 41 heavy (non-hydrogen) atoms. The lowest BCUT2D eigenvalue weighted by molar-refractivity contribution is 0.904. The summed E-state index contributed by atoms with van der Waals surface area (Å²) in [5.74, 6) is 0.483. The lowest BCUT2D eigenvalue weighted by atomic mass is 9.88. The van der Waals surface area contributed by atoms with Crippen molar-refractivity contribution < 1.29 is 0 Å². The number of benzene rings is 7. The van der Waals surface area contributed by atoms with Gasteiger partial charge in [-0.1, -0.05) is 133 Å². The molecule has 0 radical (unpaired) electrons. The van der Waals surface area contributed by atoms with E-state index >= 15 is 0 Å². The predicted molar refractivity (Wildman–Crippen MR) is 177 cm³/mol. The van der Waals surface area contributed by atoms with E-state index in [-0.39, 0.29) is 0 Å². The maximum absolute atomic E-state index is 2.44. The van der Waals surface area contributed by atoms with Crippen molar-refractivity contribution in [2.75, 3.05) is 0 Å². The molecule has 9 rings (SSSR count). The highest BCUT2D eigenvalue weighted by Gasteiger charge is 2.30. The lowest BCUT2D eigenvalue weighted by Gasteiger charge is -2.17. The van der Waals surface area contributed by atoms with Gasteiger partial charge in [0.1, 0.15) is 0 Å². The predicted octanol–water partition coefficient (Wildman–Crippen LogP) is 9.66. The van der Waals surface area contributed by atoms with Gasteiger partial charge in [0.2, 0.25) is 0 Å².